The number of amides is 1. The Balaban J connectivity index is 2.45. The molecule has 0 spiro atoms. The molecular weight excluding hydrogens is 304 g/mol. The smallest absolute Gasteiger partial charge is 0.221 e. The molecule has 0 aromatic heterocycles. The van der Waals surface area contributed by atoms with E-state index in [-0.39, 0.29) is 5.91 Å². The van der Waals surface area contributed by atoms with Crippen LogP contribution in [0, 0.1) is 0 Å². The van der Waals surface area contributed by atoms with Crippen molar-refractivity contribution in [1.82, 2.24) is 10.2 Å². The summed E-state index contributed by atoms with van der Waals surface area (Å²) in [5.41, 5.74) is 2.46. The SMILES string of the molecule is CCN(CC)Cc1ccc(CNC(=O)CCBr)cc1. The highest BCUT2D eigenvalue weighted by Crippen LogP contribution is 2.07. The molecule has 0 atom stereocenters. The highest BCUT2D eigenvalue weighted by Gasteiger charge is 2.02. The van der Waals surface area contributed by atoms with Crippen molar-refractivity contribution < 1.29 is 4.79 Å². The summed E-state index contributed by atoms with van der Waals surface area (Å²) >= 11 is 3.26. The summed E-state index contributed by atoms with van der Waals surface area (Å²) in [4.78, 5) is 13.7. The molecule has 1 aromatic rings. The van der Waals surface area contributed by atoms with Crippen molar-refractivity contribution >= 4 is 21.8 Å². The molecule has 0 unspecified atom stereocenters. The monoisotopic (exact) mass is 326 g/mol. The van der Waals surface area contributed by atoms with E-state index >= 15 is 0 Å². The third kappa shape index (κ3) is 6.21. The summed E-state index contributed by atoms with van der Waals surface area (Å²) in [6, 6.07) is 8.47. The van der Waals surface area contributed by atoms with Gasteiger partial charge in [0.2, 0.25) is 5.91 Å². The lowest BCUT2D eigenvalue weighted by atomic mass is 10.1. The van der Waals surface area contributed by atoms with Crippen molar-refractivity contribution in [3.63, 3.8) is 0 Å². The van der Waals surface area contributed by atoms with Crippen LogP contribution in [0.25, 0.3) is 0 Å². The molecule has 0 saturated carbocycles. The zero-order chi connectivity index (χ0) is 14.1. The molecule has 0 aliphatic rings. The van der Waals surface area contributed by atoms with E-state index < -0.39 is 0 Å². The van der Waals surface area contributed by atoms with Gasteiger partial charge in [-0.15, -0.1) is 0 Å². The van der Waals surface area contributed by atoms with Gasteiger partial charge in [0.05, 0.1) is 0 Å². The standard InChI is InChI=1S/C15H23BrN2O/c1-3-18(4-2)12-14-7-5-13(6-8-14)11-17-15(19)9-10-16/h5-8H,3-4,9-12H2,1-2H3,(H,17,19). The van der Waals surface area contributed by atoms with Gasteiger partial charge in [-0.05, 0) is 24.2 Å². The molecular formula is C15H23BrN2O. The van der Waals surface area contributed by atoms with Gasteiger partial charge < -0.3 is 5.32 Å². The van der Waals surface area contributed by atoms with Crippen molar-refractivity contribution in [3.05, 3.63) is 35.4 Å². The summed E-state index contributed by atoms with van der Waals surface area (Å²) in [5, 5.41) is 3.61. The van der Waals surface area contributed by atoms with Crippen LogP contribution in [-0.2, 0) is 17.9 Å². The fourth-order valence-corrected chi connectivity index (χ4v) is 2.20. The van der Waals surface area contributed by atoms with E-state index in [0.29, 0.717) is 18.3 Å². The van der Waals surface area contributed by atoms with Crippen molar-refractivity contribution in [2.75, 3.05) is 18.4 Å². The van der Waals surface area contributed by atoms with Gasteiger partial charge in [0, 0.05) is 24.8 Å². The van der Waals surface area contributed by atoms with Gasteiger partial charge in [-0.3, -0.25) is 9.69 Å². The number of carbonyl (C=O) groups excluding carboxylic acids is 1. The number of nitrogens with one attached hydrogen (secondary N) is 1. The fraction of sp³-hybridized carbons (Fsp3) is 0.533. The average molecular weight is 327 g/mol. The van der Waals surface area contributed by atoms with Crippen LogP contribution in [-0.4, -0.2) is 29.2 Å². The Morgan fingerprint density at radius 1 is 1.16 bits per heavy atom. The van der Waals surface area contributed by atoms with E-state index in [1.807, 2.05) is 0 Å². The first-order valence-corrected chi connectivity index (χ1v) is 7.94. The van der Waals surface area contributed by atoms with Gasteiger partial charge in [0.15, 0.2) is 0 Å². The van der Waals surface area contributed by atoms with Crippen LogP contribution < -0.4 is 5.32 Å². The molecule has 4 heteroatoms. The van der Waals surface area contributed by atoms with Gasteiger partial charge in [-0.1, -0.05) is 54.0 Å². The van der Waals surface area contributed by atoms with Gasteiger partial charge in [-0.2, -0.15) is 0 Å². The number of hydrogen-bond acceptors (Lipinski definition) is 2. The molecule has 106 valence electrons. The predicted molar refractivity (Wildman–Crippen MR) is 83.3 cm³/mol. The van der Waals surface area contributed by atoms with Crippen LogP contribution in [0.15, 0.2) is 24.3 Å². The van der Waals surface area contributed by atoms with Crippen LogP contribution in [0.1, 0.15) is 31.4 Å². The minimum atomic E-state index is 0.0871. The first-order chi connectivity index (χ1) is 9.19. The van der Waals surface area contributed by atoms with E-state index in [1.54, 1.807) is 0 Å². The lowest BCUT2D eigenvalue weighted by Gasteiger charge is -2.18. The fourth-order valence-electron chi connectivity index (χ4n) is 1.84. The second-order valence-corrected chi connectivity index (χ2v) is 5.29. The molecule has 3 nitrogen and oxygen atoms in total. The molecule has 0 heterocycles. The Morgan fingerprint density at radius 2 is 1.74 bits per heavy atom. The van der Waals surface area contributed by atoms with E-state index in [9.17, 15) is 4.79 Å². The molecule has 0 saturated heterocycles. The first-order valence-electron chi connectivity index (χ1n) is 6.82. The average Bonchev–Trinajstić information content (AvgIpc) is 2.44. The third-order valence-corrected chi connectivity index (χ3v) is 3.53. The van der Waals surface area contributed by atoms with Crippen molar-refractivity contribution in [2.24, 2.45) is 0 Å². The molecule has 0 bridgehead atoms. The quantitative estimate of drug-likeness (QED) is 0.745. The number of hydrogen-bond donors (Lipinski definition) is 1. The summed E-state index contributed by atoms with van der Waals surface area (Å²) in [5.74, 6) is 0.0871. The zero-order valence-corrected chi connectivity index (χ0v) is 13.4. The molecule has 19 heavy (non-hydrogen) atoms. The topological polar surface area (TPSA) is 32.3 Å². The normalized spacial score (nSPS) is 10.7. The molecule has 1 aromatic carbocycles. The number of rotatable bonds is 8. The second-order valence-electron chi connectivity index (χ2n) is 4.49. The number of nitrogens with zero attached hydrogens (tertiary/aromatic N) is 1. The van der Waals surface area contributed by atoms with Gasteiger partial charge in [-0.25, -0.2) is 0 Å². The van der Waals surface area contributed by atoms with Gasteiger partial charge in [0.25, 0.3) is 0 Å². The highest BCUT2D eigenvalue weighted by atomic mass is 79.9. The highest BCUT2D eigenvalue weighted by molar-refractivity contribution is 9.09. The maximum atomic E-state index is 11.4. The molecule has 0 aliphatic heterocycles. The van der Waals surface area contributed by atoms with E-state index in [1.165, 1.54) is 5.56 Å². The van der Waals surface area contributed by atoms with Crippen molar-refractivity contribution in [2.45, 2.75) is 33.4 Å². The van der Waals surface area contributed by atoms with Crippen LogP contribution >= 0.6 is 15.9 Å². The van der Waals surface area contributed by atoms with Crippen LogP contribution in [0.5, 0.6) is 0 Å². The number of carbonyl (C=O) groups is 1. The number of halogens is 1. The Kier molecular flexibility index (Phi) is 7.75. The van der Waals surface area contributed by atoms with Crippen LogP contribution in [0.3, 0.4) is 0 Å². The second kappa shape index (κ2) is 9.10. The van der Waals surface area contributed by atoms with Crippen molar-refractivity contribution in [1.29, 1.82) is 0 Å². The first kappa shape index (κ1) is 16.2. The van der Waals surface area contributed by atoms with Gasteiger partial charge in [0.1, 0.15) is 0 Å². The predicted octanol–water partition coefficient (Wildman–Crippen LogP) is 2.93. The minimum absolute atomic E-state index is 0.0871. The maximum Gasteiger partial charge on any atom is 0.221 e. The summed E-state index contributed by atoms with van der Waals surface area (Å²) in [7, 11) is 0. The van der Waals surface area contributed by atoms with Crippen LogP contribution in [0.2, 0.25) is 0 Å². The minimum Gasteiger partial charge on any atom is -0.352 e. The Hall–Kier alpha value is -0.870. The lowest BCUT2D eigenvalue weighted by Crippen LogP contribution is -2.23. The van der Waals surface area contributed by atoms with Crippen LogP contribution in [0.4, 0.5) is 0 Å². The Labute approximate surface area is 124 Å². The number of benzene rings is 1. The van der Waals surface area contributed by atoms with Gasteiger partial charge >= 0.3 is 0 Å². The third-order valence-electron chi connectivity index (χ3n) is 3.13. The number of alkyl halides is 1. The van der Waals surface area contributed by atoms with E-state index in [0.717, 1.165) is 25.2 Å². The zero-order valence-electron chi connectivity index (χ0n) is 11.8. The van der Waals surface area contributed by atoms with E-state index in [2.05, 4.69) is 64.3 Å². The summed E-state index contributed by atoms with van der Waals surface area (Å²) < 4.78 is 0. The molecule has 0 fully saturated rings. The Morgan fingerprint density at radius 3 is 2.26 bits per heavy atom. The largest absolute Gasteiger partial charge is 0.352 e. The summed E-state index contributed by atoms with van der Waals surface area (Å²) in [6.07, 6.45) is 0.528. The molecule has 0 radical (unpaired) electrons. The molecule has 1 rings (SSSR count). The maximum absolute atomic E-state index is 11.4. The van der Waals surface area contributed by atoms with E-state index in [4.69, 9.17) is 0 Å². The molecule has 1 amide bonds. The molecule has 1 N–H and O–H groups in total. The summed E-state index contributed by atoms with van der Waals surface area (Å²) in [6.45, 7) is 8.09. The molecule has 0 aliphatic carbocycles. The Bertz CT molecular complexity index is 374. The van der Waals surface area contributed by atoms with Crippen molar-refractivity contribution in [3.8, 4) is 0 Å². The lowest BCUT2D eigenvalue weighted by molar-refractivity contribution is -0.120.